The van der Waals surface area contributed by atoms with Crippen molar-refractivity contribution >= 4 is 11.5 Å². The second-order valence-electron chi connectivity index (χ2n) is 4.65. The van der Waals surface area contributed by atoms with Crippen LogP contribution in [0, 0.1) is 18.2 Å². The lowest BCUT2D eigenvalue weighted by Gasteiger charge is -2.17. The molecule has 82 valence electrons. The maximum Gasteiger partial charge on any atom is 0.149 e. The van der Waals surface area contributed by atoms with E-state index in [0.717, 1.165) is 5.56 Å². The van der Waals surface area contributed by atoms with E-state index >= 15 is 0 Å². The summed E-state index contributed by atoms with van der Waals surface area (Å²) in [7, 11) is 0. The lowest BCUT2D eigenvalue weighted by atomic mass is 9.95. The van der Waals surface area contributed by atoms with E-state index in [9.17, 15) is 4.39 Å². The molecule has 0 fully saturated rings. The van der Waals surface area contributed by atoms with Gasteiger partial charge in [0.05, 0.1) is 0 Å². The van der Waals surface area contributed by atoms with Crippen LogP contribution in [0.1, 0.15) is 26.3 Å². The maximum absolute atomic E-state index is 13.4. The molecule has 0 aliphatic carbocycles. The number of aryl methyl sites for hydroxylation is 1. The third-order valence-corrected chi connectivity index (χ3v) is 2.19. The predicted octanol–water partition coefficient (Wildman–Crippen LogP) is 3.17. The van der Waals surface area contributed by atoms with Gasteiger partial charge in [-0.05, 0) is 18.6 Å². The molecule has 0 bridgehead atoms. The van der Waals surface area contributed by atoms with E-state index in [4.69, 9.17) is 5.73 Å². The van der Waals surface area contributed by atoms with Crippen LogP contribution in [0.3, 0.4) is 0 Å². The van der Waals surface area contributed by atoms with Crippen LogP contribution in [0.4, 0.5) is 10.1 Å². The highest BCUT2D eigenvalue weighted by atomic mass is 19.1. The largest absolute Gasteiger partial charge is 0.387 e. The molecule has 0 saturated carbocycles. The molecule has 0 atom stereocenters. The smallest absolute Gasteiger partial charge is 0.149 e. The third-order valence-electron chi connectivity index (χ3n) is 2.19. The quantitative estimate of drug-likeness (QED) is 0.558. The average molecular weight is 208 g/mol. The van der Waals surface area contributed by atoms with Crippen molar-refractivity contribution in [3.05, 3.63) is 29.6 Å². The molecule has 0 unspecified atom stereocenters. The Hall–Kier alpha value is -1.38. The van der Waals surface area contributed by atoms with Gasteiger partial charge in [0, 0.05) is 5.41 Å². The van der Waals surface area contributed by atoms with Crippen LogP contribution in [0.25, 0.3) is 0 Å². The first-order valence-electron chi connectivity index (χ1n) is 4.92. The SMILES string of the molecule is Cc1cccc(F)c1N=C(N)C(C)(C)C. The summed E-state index contributed by atoms with van der Waals surface area (Å²) in [6.07, 6.45) is 0. The van der Waals surface area contributed by atoms with Gasteiger partial charge in [0.1, 0.15) is 17.3 Å². The zero-order valence-electron chi connectivity index (χ0n) is 9.63. The second-order valence-corrected chi connectivity index (χ2v) is 4.65. The molecular formula is C12H17FN2. The topological polar surface area (TPSA) is 38.4 Å². The molecule has 0 aromatic heterocycles. The number of hydrogen-bond acceptors (Lipinski definition) is 1. The van der Waals surface area contributed by atoms with Crippen LogP contribution in [-0.4, -0.2) is 5.84 Å². The van der Waals surface area contributed by atoms with E-state index in [1.54, 1.807) is 6.07 Å². The molecule has 3 heteroatoms. The summed E-state index contributed by atoms with van der Waals surface area (Å²) in [5.41, 5.74) is 6.69. The minimum Gasteiger partial charge on any atom is -0.387 e. The van der Waals surface area contributed by atoms with Gasteiger partial charge in [-0.3, -0.25) is 0 Å². The van der Waals surface area contributed by atoms with Crippen LogP contribution < -0.4 is 5.73 Å². The van der Waals surface area contributed by atoms with Crippen LogP contribution in [0.2, 0.25) is 0 Å². The van der Waals surface area contributed by atoms with Gasteiger partial charge >= 0.3 is 0 Å². The Bertz CT molecular complexity index is 369. The van der Waals surface area contributed by atoms with E-state index < -0.39 is 0 Å². The molecule has 15 heavy (non-hydrogen) atoms. The van der Waals surface area contributed by atoms with Gasteiger partial charge in [-0.1, -0.05) is 32.9 Å². The number of aliphatic imine (C=N–C) groups is 1. The fraction of sp³-hybridized carbons (Fsp3) is 0.417. The fourth-order valence-electron chi connectivity index (χ4n) is 1.05. The fourth-order valence-corrected chi connectivity index (χ4v) is 1.05. The minimum absolute atomic E-state index is 0.241. The number of benzene rings is 1. The van der Waals surface area contributed by atoms with E-state index in [2.05, 4.69) is 4.99 Å². The van der Waals surface area contributed by atoms with Gasteiger partial charge in [-0.25, -0.2) is 9.38 Å². The lowest BCUT2D eigenvalue weighted by molar-refractivity contribution is 0.583. The number of halogens is 1. The maximum atomic E-state index is 13.4. The Morgan fingerprint density at radius 1 is 1.33 bits per heavy atom. The summed E-state index contributed by atoms with van der Waals surface area (Å²) in [4.78, 5) is 4.15. The molecule has 0 spiro atoms. The molecule has 1 rings (SSSR count). The van der Waals surface area contributed by atoms with Crippen molar-refractivity contribution in [3.63, 3.8) is 0 Å². The number of para-hydroxylation sites is 1. The summed E-state index contributed by atoms with van der Waals surface area (Å²) in [6, 6.07) is 4.87. The zero-order chi connectivity index (χ0) is 11.6. The molecule has 0 aliphatic rings. The highest BCUT2D eigenvalue weighted by molar-refractivity contribution is 5.88. The first-order valence-corrected chi connectivity index (χ1v) is 4.92. The molecular weight excluding hydrogens is 191 g/mol. The van der Waals surface area contributed by atoms with Gasteiger partial charge in [0.2, 0.25) is 0 Å². The third kappa shape index (κ3) is 2.78. The van der Waals surface area contributed by atoms with Gasteiger partial charge in [-0.2, -0.15) is 0 Å². The van der Waals surface area contributed by atoms with Crippen molar-refractivity contribution in [2.45, 2.75) is 27.7 Å². The first kappa shape index (κ1) is 11.7. The summed E-state index contributed by atoms with van der Waals surface area (Å²) in [5.74, 6) is 0.109. The number of amidine groups is 1. The Morgan fingerprint density at radius 3 is 2.40 bits per heavy atom. The minimum atomic E-state index is -0.331. The van der Waals surface area contributed by atoms with E-state index in [0.29, 0.717) is 11.5 Å². The van der Waals surface area contributed by atoms with E-state index in [-0.39, 0.29) is 11.2 Å². The molecule has 0 aliphatic heterocycles. The lowest BCUT2D eigenvalue weighted by Crippen LogP contribution is -2.28. The molecule has 0 amide bonds. The molecule has 0 saturated heterocycles. The van der Waals surface area contributed by atoms with Gasteiger partial charge < -0.3 is 5.73 Å². The Kier molecular flexibility index (Phi) is 3.12. The van der Waals surface area contributed by atoms with Gasteiger partial charge in [0.15, 0.2) is 0 Å². The van der Waals surface area contributed by atoms with Gasteiger partial charge in [-0.15, -0.1) is 0 Å². The molecule has 2 N–H and O–H groups in total. The molecule has 1 aromatic carbocycles. The van der Waals surface area contributed by atoms with Crippen molar-refractivity contribution in [3.8, 4) is 0 Å². The van der Waals surface area contributed by atoms with Crippen LogP contribution in [-0.2, 0) is 0 Å². The predicted molar refractivity (Wildman–Crippen MR) is 61.9 cm³/mol. The van der Waals surface area contributed by atoms with Crippen molar-refractivity contribution in [1.82, 2.24) is 0 Å². The normalized spacial score (nSPS) is 13.0. The van der Waals surface area contributed by atoms with E-state index in [1.807, 2.05) is 33.8 Å². The second kappa shape index (κ2) is 4.01. The highest BCUT2D eigenvalue weighted by Crippen LogP contribution is 2.24. The highest BCUT2D eigenvalue weighted by Gasteiger charge is 2.16. The summed E-state index contributed by atoms with van der Waals surface area (Å²) in [6.45, 7) is 7.66. The molecule has 1 aromatic rings. The molecule has 2 nitrogen and oxygen atoms in total. The van der Waals surface area contributed by atoms with Crippen molar-refractivity contribution in [2.24, 2.45) is 16.1 Å². The monoisotopic (exact) mass is 208 g/mol. The van der Waals surface area contributed by atoms with Crippen molar-refractivity contribution in [2.75, 3.05) is 0 Å². The molecule has 0 heterocycles. The van der Waals surface area contributed by atoms with Crippen LogP contribution in [0.5, 0.6) is 0 Å². The average Bonchev–Trinajstić information content (AvgIpc) is 2.09. The van der Waals surface area contributed by atoms with Crippen LogP contribution in [0.15, 0.2) is 23.2 Å². The molecule has 0 radical (unpaired) electrons. The standard InChI is InChI=1S/C12H17FN2/c1-8-6-5-7-9(13)10(8)15-11(14)12(2,3)4/h5-7H,1-4H3,(H2,14,15). The van der Waals surface area contributed by atoms with Gasteiger partial charge in [0.25, 0.3) is 0 Å². The van der Waals surface area contributed by atoms with E-state index in [1.165, 1.54) is 6.07 Å². The van der Waals surface area contributed by atoms with Crippen molar-refractivity contribution in [1.29, 1.82) is 0 Å². The number of hydrogen-bond donors (Lipinski definition) is 1. The Labute approximate surface area is 90.0 Å². The Morgan fingerprint density at radius 2 is 1.93 bits per heavy atom. The number of nitrogens with zero attached hydrogens (tertiary/aromatic N) is 1. The van der Waals surface area contributed by atoms with Crippen molar-refractivity contribution < 1.29 is 4.39 Å². The zero-order valence-corrected chi connectivity index (χ0v) is 9.63. The van der Waals surface area contributed by atoms with Crippen LogP contribution >= 0.6 is 0 Å². The summed E-state index contributed by atoms with van der Waals surface area (Å²) in [5, 5.41) is 0. The number of rotatable bonds is 1. The first-order chi connectivity index (χ1) is 6.82. The summed E-state index contributed by atoms with van der Waals surface area (Å²) >= 11 is 0. The summed E-state index contributed by atoms with van der Waals surface area (Å²) < 4.78 is 13.4. The number of nitrogens with two attached hydrogens (primary N) is 1. The Balaban J connectivity index is 3.19.